The Hall–Kier alpha value is -2.90. The molecule has 4 heterocycles. The van der Waals surface area contributed by atoms with Crippen molar-refractivity contribution >= 4 is 17.1 Å². The van der Waals surface area contributed by atoms with E-state index in [-0.39, 0.29) is 11.9 Å². The van der Waals surface area contributed by atoms with E-state index < -0.39 is 0 Å². The van der Waals surface area contributed by atoms with E-state index >= 15 is 0 Å². The van der Waals surface area contributed by atoms with Gasteiger partial charge in [0.1, 0.15) is 11.8 Å². The molecule has 8 heteroatoms. The highest BCUT2D eigenvalue weighted by molar-refractivity contribution is 5.93. The van der Waals surface area contributed by atoms with Crippen LogP contribution in [0.4, 0.5) is 0 Å². The SMILES string of the molecule is O=C(c1cncnc1)N1CCC(n2nnc3ncccc32)CC1. The van der Waals surface area contributed by atoms with Crippen molar-refractivity contribution in [1.29, 1.82) is 0 Å². The molecule has 1 fully saturated rings. The lowest BCUT2D eigenvalue weighted by atomic mass is 10.0. The van der Waals surface area contributed by atoms with Gasteiger partial charge >= 0.3 is 0 Å². The minimum absolute atomic E-state index is 0.0193. The van der Waals surface area contributed by atoms with E-state index in [4.69, 9.17) is 0 Å². The number of hydrogen-bond acceptors (Lipinski definition) is 6. The van der Waals surface area contributed by atoms with E-state index in [9.17, 15) is 4.79 Å². The van der Waals surface area contributed by atoms with E-state index in [0.29, 0.717) is 24.3 Å². The van der Waals surface area contributed by atoms with Crippen molar-refractivity contribution in [2.45, 2.75) is 18.9 Å². The molecule has 0 spiro atoms. The molecule has 0 radical (unpaired) electrons. The van der Waals surface area contributed by atoms with Gasteiger partial charge < -0.3 is 4.90 Å². The molecule has 0 N–H and O–H groups in total. The fraction of sp³-hybridized carbons (Fsp3) is 0.333. The quantitative estimate of drug-likeness (QED) is 0.704. The molecular formula is C15H15N7O. The highest BCUT2D eigenvalue weighted by Gasteiger charge is 2.26. The maximum Gasteiger partial charge on any atom is 0.256 e. The number of aromatic nitrogens is 6. The molecule has 4 rings (SSSR count). The Labute approximate surface area is 132 Å². The number of carbonyl (C=O) groups excluding carboxylic acids is 1. The van der Waals surface area contributed by atoms with Crippen molar-refractivity contribution in [3.63, 3.8) is 0 Å². The van der Waals surface area contributed by atoms with Crippen molar-refractivity contribution in [2.24, 2.45) is 0 Å². The van der Waals surface area contributed by atoms with Crippen LogP contribution in [0.15, 0.2) is 37.1 Å². The zero-order valence-electron chi connectivity index (χ0n) is 12.4. The third kappa shape index (κ3) is 2.52. The third-order valence-electron chi connectivity index (χ3n) is 4.15. The lowest BCUT2D eigenvalue weighted by Gasteiger charge is -2.32. The maximum absolute atomic E-state index is 12.4. The van der Waals surface area contributed by atoms with Crippen LogP contribution in [0, 0.1) is 0 Å². The van der Waals surface area contributed by atoms with Crippen molar-refractivity contribution in [2.75, 3.05) is 13.1 Å². The van der Waals surface area contributed by atoms with Crippen LogP contribution in [0.5, 0.6) is 0 Å². The topological polar surface area (TPSA) is 89.7 Å². The minimum atomic E-state index is -0.0193. The maximum atomic E-state index is 12.4. The van der Waals surface area contributed by atoms with Gasteiger partial charge in [-0.15, -0.1) is 5.10 Å². The Balaban J connectivity index is 1.48. The van der Waals surface area contributed by atoms with Gasteiger partial charge in [0.2, 0.25) is 5.65 Å². The molecule has 1 aliphatic rings. The average Bonchev–Trinajstić information content (AvgIpc) is 3.06. The molecule has 1 saturated heterocycles. The fourth-order valence-electron chi connectivity index (χ4n) is 2.96. The number of nitrogens with zero attached hydrogens (tertiary/aromatic N) is 7. The first-order chi connectivity index (χ1) is 11.3. The van der Waals surface area contributed by atoms with E-state index in [1.165, 1.54) is 6.33 Å². The Morgan fingerprint density at radius 1 is 1.17 bits per heavy atom. The molecule has 8 nitrogen and oxygen atoms in total. The second kappa shape index (κ2) is 5.71. The summed E-state index contributed by atoms with van der Waals surface area (Å²) in [5, 5.41) is 8.33. The van der Waals surface area contributed by atoms with Gasteiger partial charge in [-0.05, 0) is 25.0 Å². The zero-order valence-corrected chi connectivity index (χ0v) is 12.4. The van der Waals surface area contributed by atoms with Crippen LogP contribution in [0.1, 0.15) is 29.2 Å². The minimum Gasteiger partial charge on any atom is -0.338 e. The summed E-state index contributed by atoms with van der Waals surface area (Å²) in [5.41, 5.74) is 2.13. The van der Waals surface area contributed by atoms with E-state index in [1.807, 2.05) is 21.7 Å². The molecule has 116 valence electrons. The lowest BCUT2D eigenvalue weighted by Crippen LogP contribution is -2.39. The van der Waals surface area contributed by atoms with Crippen LogP contribution < -0.4 is 0 Å². The van der Waals surface area contributed by atoms with Gasteiger partial charge in [0.05, 0.1) is 11.6 Å². The number of likely N-dealkylation sites (tertiary alicyclic amines) is 1. The lowest BCUT2D eigenvalue weighted by molar-refractivity contribution is 0.0690. The Morgan fingerprint density at radius 3 is 2.74 bits per heavy atom. The fourth-order valence-corrected chi connectivity index (χ4v) is 2.96. The Bertz CT molecular complexity index is 824. The molecule has 1 aliphatic heterocycles. The number of hydrogen-bond donors (Lipinski definition) is 0. The first-order valence-electron chi connectivity index (χ1n) is 7.53. The second-order valence-electron chi connectivity index (χ2n) is 5.53. The van der Waals surface area contributed by atoms with Crippen LogP contribution >= 0.6 is 0 Å². The normalized spacial score (nSPS) is 15.9. The van der Waals surface area contributed by atoms with Gasteiger partial charge in [-0.25, -0.2) is 19.6 Å². The van der Waals surface area contributed by atoms with Crippen molar-refractivity contribution < 1.29 is 4.79 Å². The van der Waals surface area contributed by atoms with Crippen molar-refractivity contribution in [1.82, 2.24) is 34.8 Å². The molecular weight excluding hydrogens is 294 g/mol. The van der Waals surface area contributed by atoms with Gasteiger partial charge in [0.15, 0.2) is 0 Å². The number of amides is 1. The first kappa shape index (κ1) is 13.7. The number of pyridine rings is 1. The number of fused-ring (bicyclic) bond motifs is 1. The standard InChI is InChI=1S/C15H15N7O/c23-15(11-8-16-10-17-9-11)21-6-3-12(4-7-21)22-13-2-1-5-18-14(13)19-20-22/h1-2,5,8-10,12H,3-4,6-7H2. The monoisotopic (exact) mass is 309 g/mol. The van der Waals surface area contributed by atoms with Gasteiger partial charge in [-0.1, -0.05) is 5.21 Å². The average molecular weight is 309 g/mol. The largest absolute Gasteiger partial charge is 0.338 e. The zero-order chi connectivity index (χ0) is 15.6. The highest BCUT2D eigenvalue weighted by atomic mass is 16.2. The first-order valence-corrected chi connectivity index (χ1v) is 7.53. The van der Waals surface area contributed by atoms with Gasteiger partial charge in [-0.2, -0.15) is 0 Å². The molecule has 3 aromatic heterocycles. The predicted octanol–water partition coefficient (Wildman–Crippen LogP) is 1.09. The van der Waals surface area contributed by atoms with Crippen LogP contribution in [0.25, 0.3) is 11.2 Å². The molecule has 0 aromatic carbocycles. The summed E-state index contributed by atoms with van der Waals surface area (Å²) >= 11 is 0. The third-order valence-corrected chi connectivity index (χ3v) is 4.15. The van der Waals surface area contributed by atoms with Crippen molar-refractivity contribution in [3.8, 4) is 0 Å². The summed E-state index contributed by atoms with van der Waals surface area (Å²) in [6.45, 7) is 1.36. The number of rotatable bonds is 2. The smallest absolute Gasteiger partial charge is 0.256 e. The molecule has 1 amide bonds. The predicted molar refractivity (Wildman–Crippen MR) is 81.5 cm³/mol. The van der Waals surface area contributed by atoms with Gasteiger partial charge in [0.25, 0.3) is 5.91 Å². The molecule has 0 aliphatic carbocycles. The molecule has 0 bridgehead atoms. The molecule has 0 atom stereocenters. The van der Waals surface area contributed by atoms with E-state index in [0.717, 1.165) is 18.4 Å². The summed E-state index contributed by atoms with van der Waals surface area (Å²) in [7, 11) is 0. The van der Waals surface area contributed by atoms with Crippen LogP contribution in [0.3, 0.4) is 0 Å². The summed E-state index contributed by atoms with van der Waals surface area (Å²) in [6.07, 6.45) is 7.92. The van der Waals surface area contributed by atoms with Gasteiger partial charge in [-0.3, -0.25) is 4.79 Å². The summed E-state index contributed by atoms with van der Waals surface area (Å²) in [4.78, 5) is 26.3. The number of piperidine rings is 1. The highest BCUT2D eigenvalue weighted by Crippen LogP contribution is 2.25. The van der Waals surface area contributed by atoms with Gasteiger partial charge in [0, 0.05) is 31.7 Å². The molecule has 0 unspecified atom stereocenters. The van der Waals surface area contributed by atoms with Crippen LogP contribution in [-0.2, 0) is 0 Å². The van der Waals surface area contributed by atoms with Crippen LogP contribution in [0.2, 0.25) is 0 Å². The van der Waals surface area contributed by atoms with Crippen molar-refractivity contribution in [3.05, 3.63) is 42.6 Å². The van der Waals surface area contributed by atoms with E-state index in [2.05, 4.69) is 25.3 Å². The summed E-state index contributed by atoms with van der Waals surface area (Å²) in [6, 6.07) is 4.09. The second-order valence-corrected chi connectivity index (χ2v) is 5.53. The van der Waals surface area contributed by atoms with Crippen LogP contribution in [-0.4, -0.2) is 53.8 Å². The molecule has 0 saturated carbocycles. The number of carbonyl (C=O) groups is 1. The summed E-state index contributed by atoms with van der Waals surface area (Å²) < 4.78 is 1.93. The van der Waals surface area contributed by atoms with E-state index in [1.54, 1.807) is 18.6 Å². The Kier molecular flexibility index (Phi) is 3.41. The molecule has 23 heavy (non-hydrogen) atoms. The molecule has 3 aromatic rings. The summed E-state index contributed by atoms with van der Waals surface area (Å²) in [5.74, 6) is -0.0193. The Morgan fingerprint density at radius 2 is 1.96 bits per heavy atom.